The van der Waals surface area contributed by atoms with Crippen molar-refractivity contribution in [2.45, 2.75) is 6.42 Å². The number of hydrogen-bond donors (Lipinski definition) is 1. The van der Waals surface area contributed by atoms with Crippen molar-refractivity contribution in [2.24, 2.45) is 7.05 Å². The number of hydrogen-bond acceptors (Lipinski definition) is 2. The molecule has 0 saturated carbocycles. The minimum Gasteiger partial charge on any atom is -0.352 e. The molecule has 104 valence electrons. The maximum Gasteiger partial charge on any atom is 0.244 e. The predicted octanol–water partition coefficient (Wildman–Crippen LogP) is 2.45. The Morgan fingerprint density at radius 1 is 1.50 bits per heavy atom. The predicted molar refractivity (Wildman–Crippen MR) is 80.4 cm³/mol. The number of aromatic nitrogens is 2. The molecule has 0 fully saturated rings. The first-order valence-electron chi connectivity index (χ1n) is 6.32. The zero-order chi connectivity index (χ0) is 14.4. The van der Waals surface area contributed by atoms with Crippen LogP contribution in [0.25, 0.3) is 6.08 Å². The van der Waals surface area contributed by atoms with Crippen molar-refractivity contribution in [1.29, 1.82) is 0 Å². The van der Waals surface area contributed by atoms with Crippen LogP contribution in [0, 0.1) is 0 Å². The monoisotopic (exact) mass is 289 g/mol. The fraction of sp³-hybridized carbons (Fsp3) is 0.200. The third kappa shape index (κ3) is 4.55. The van der Waals surface area contributed by atoms with Gasteiger partial charge in [-0.15, -0.1) is 0 Å². The van der Waals surface area contributed by atoms with Gasteiger partial charge in [0.15, 0.2) is 0 Å². The fourth-order valence-corrected chi connectivity index (χ4v) is 1.99. The van der Waals surface area contributed by atoms with Crippen molar-refractivity contribution in [2.75, 3.05) is 6.54 Å². The summed E-state index contributed by atoms with van der Waals surface area (Å²) >= 11 is 5.90. The first kappa shape index (κ1) is 14.3. The SMILES string of the molecule is Cn1cc(/C=C/C(=O)NCCc2cccc(Cl)c2)cn1. The minimum atomic E-state index is -0.115. The summed E-state index contributed by atoms with van der Waals surface area (Å²) in [4.78, 5) is 11.6. The molecule has 0 aliphatic heterocycles. The molecular weight excluding hydrogens is 274 g/mol. The zero-order valence-corrected chi connectivity index (χ0v) is 12.0. The lowest BCUT2D eigenvalue weighted by atomic mass is 10.1. The fourth-order valence-electron chi connectivity index (χ4n) is 1.78. The van der Waals surface area contributed by atoms with Gasteiger partial charge in [0.1, 0.15) is 0 Å². The van der Waals surface area contributed by atoms with E-state index in [1.165, 1.54) is 6.08 Å². The summed E-state index contributed by atoms with van der Waals surface area (Å²) in [6.45, 7) is 0.580. The quantitative estimate of drug-likeness (QED) is 0.860. The molecule has 0 aliphatic rings. The second-order valence-corrected chi connectivity index (χ2v) is 4.89. The smallest absolute Gasteiger partial charge is 0.244 e. The van der Waals surface area contributed by atoms with E-state index in [0.717, 1.165) is 17.5 Å². The van der Waals surface area contributed by atoms with Gasteiger partial charge in [-0.3, -0.25) is 9.48 Å². The Morgan fingerprint density at radius 3 is 3.05 bits per heavy atom. The van der Waals surface area contributed by atoms with Gasteiger partial charge in [0.25, 0.3) is 0 Å². The largest absolute Gasteiger partial charge is 0.352 e. The number of nitrogens with zero attached hydrogens (tertiary/aromatic N) is 2. The summed E-state index contributed by atoms with van der Waals surface area (Å²) in [7, 11) is 1.84. The molecule has 0 spiro atoms. The Morgan fingerprint density at radius 2 is 2.35 bits per heavy atom. The highest BCUT2D eigenvalue weighted by atomic mass is 35.5. The van der Waals surface area contributed by atoms with Crippen LogP contribution in [0.1, 0.15) is 11.1 Å². The summed E-state index contributed by atoms with van der Waals surface area (Å²) in [6, 6.07) is 7.63. The first-order valence-corrected chi connectivity index (χ1v) is 6.70. The van der Waals surface area contributed by atoms with Gasteiger partial charge in [0.2, 0.25) is 5.91 Å². The number of aryl methyl sites for hydroxylation is 1. The molecule has 0 aliphatic carbocycles. The van der Waals surface area contributed by atoms with Gasteiger partial charge in [0.05, 0.1) is 6.20 Å². The van der Waals surface area contributed by atoms with Crippen molar-refractivity contribution < 1.29 is 4.79 Å². The van der Waals surface area contributed by atoms with E-state index in [1.807, 2.05) is 37.5 Å². The van der Waals surface area contributed by atoms with Crippen LogP contribution in [0.2, 0.25) is 5.02 Å². The lowest BCUT2D eigenvalue weighted by Crippen LogP contribution is -2.23. The Labute approximate surface area is 123 Å². The zero-order valence-electron chi connectivity index (χ0n) is 11.2. The highest BCUT2D eigenvalue weighted by molar-refractivity contribution is 6.30. The maximum absolute atomic E-state index is 11.6. The highest BCUT2D eigenvalue weighted by Gasteiger charge is 1.98. The van der Waals surface area contributed by atoms with E-state index in [0.29, 0.717) is 11.6 Å². The molecule has 2 rings (SSSR count). The summed E-state index contributed by atoms with van der Waals surface area (Å²) < 4.78 is 1.69. The van der Waals surface area contributed by atoms with E-state index < -0.39 is 0 Å². The van der Waals surface area contributed by atoms with E-state index in [4.69, 9.17) is 11.6 Å². The molecule has 0 unspecified atom stereocenters. The molecular formula is C15H16ClN3O. The van der Waals surface area contributed by atoms with E-state index in [-0.39, 0.29) is 5.91 Å². The van der Waals surface area contributed by atoms with E-state index in [9.17, 15) is 4.79 Å². The van der Waals surface area contributed by atoms with Gasteiger partial charge in [-0.1, -0.05) is 23.7 Å². The third-order valence-corrected chi connectivity index (χ3v) is 2.99. The Hall–Kier alpha value is -2.07. The normalized spacial score (nSPS) is 10.9. The van der Waals surface area contributed by atoms with Crippen LogP contribution in [0.4, 0.5) is 0 Å². The number of halogens is 1. The number of rotatable bonds is 5. The summed E-state index contributed by atoms with van der Waals surface area (Å²) in [5.74, 6) is -0.115. The number of nitrogens with one attached hydrogen (secondary N) is 1. The van der Waals surface area contributed by atoms with Gasteiger partial charge < -0.3 is 5.32 Å². The van der Waals surface area contributed by atoms with Crippen LogP contribution in [0.5, 0.6) is 0 Å². The molecule has 0 bridgehead atoms. The topological polar surface area (TPSA) is 46.9 Å². The number of amides is 1. The Kier molecular flexibility index (Phi) is 4.96. The lowest BCUT2D eigenvalue weighted by Gasteiger charge is -2.03. The molecule has 1 amide bonds. The van der Waals surface area contributed by atoms with E-state index in [2.05, 4.69) is 10.4 Å². The average molecular weight is 290 g/mol. The summed E-state index contributed by atoms with van der Waals surface area (Å²) in [5.41, 5.74) is 2.01. The van der Waals surface area contributed by atoms with Crippen LogP contribution in [0.15, 0.2) is 42.7 Å². The van der Waals surface area contributed by atoms with E-state index >= 15 is 0 Å². The molecule has 1 aromatic heterocycles. The molecule has 1 heterocycles. The second-order valence-electron chi connectivity index (χ2n) is 4.45. The van der Waals surface area contributed by atoms with Crippen LogP contribution in [-0.2, 0) is 18.3 Å². The highest BCUT2D eigenvalue weighted by Crippen LogP contribution is 2.10. The van der Waals surface area contributed by atoms with Gasteiger partial charge in [-0.2, -0.15) is 5.10 Å². The van der Waals surface area contributed by atoms with Crippen molar-refractivity contribution in [3.8, 4) is 0 Å². The molecule has 1 aromatic carbocycles. The molecule has 0 radical (unpaired) electrons. The number of carbonyl (C=O) groups excluding carboxylic acids is 1. The van der Waals surface area contributed by atoms with Gasteiger partial charge in [-0.05, 0) is 30.2 Å². The van der Waals surface area contributed by atoms with Crippen LogP contribution in [-0.4, -0.2) is 22.2 Å². The first-order chi connectivity index (χ1) is 9.63. The molecule has 5 heteroatoms. The standard InChI is InChI=1S/C15H16ClN3O/c1-19-11-13(10-18-19)5-6-15(20)17-8-7-12-3-2-4-14(16)9-12/h2-6,9-11H,7-8H2,1H3,(H,17,20)/b6-5+. The van der Waals surface area contributed by atoms with Gasteiger partial charge in [-0.25, -0.2) is 0 Å². The Balaban J connectivity index is 1.76. The minimum absolute atomic E-state index is 0.115. The molecule has 4 nitrogen and oxygen atoms in total. The second kappa shape index (κ2) is 6.91. The van der Waals surface area contributed by atoms with Crippen molar-refractivity contribution in [3.05, 3.63) is 58.9 Å². The molecule has 1 N–H and O–H groups in total. The summed E-state index contributed by atoms with van der Waals surface area (Å²) in [5, 5.41) is 7.57. The number of carbonyl (C=O) groups is 1. The van der Waals surface area contributed by atoms with Crippen LogP contribution < -0.4 is 5.32 Å². The lowest BCUT2D eigenvalue weighted by molar-refractivity contribution is -0.116. The van der Waals surface area contributed by atoms with Gasteiger partial charge in [0, 0.05) is 36.5 Å². The van der Waals surface area contributed by atoms with Crippen molar-refractivity contribution >= 4 is 23.6 Å². The Bertz CT molecular complexity index is 619. The molecule has 0 atom stereocenters. The average Bonchev–Trinajstić information content (AvgIpc) is 2.82. The molecule has 2 aromatic rings. The summed E-state index contributed by atoms with van der Waals surface area (Å²) in [6.07, 6.45) is 7.55. The van der Waals surface area contributed by atoms with E-state index in [1.54, 1.807) is 17.0 Å². The third-order valence-electron chi connectivity index (χ3n) is 2.75. The van der Waals surface area contributed by atoms with Crippen LogP contribution >= 0.6 is 11.6 Å². The van der Waals surface area contributed by atoms with Crippen molar-refractivity contribution in [1.82, 2.24) is 15.1 Å². The van der Waals surface area contributed by atoms with Crippen LogP contribution in [0.3, 0.4) is 0 Å². The number of benzene rings is 1. The maximum atomic E-state index is 11.6. The molecule has 0 saturated heterocycles. The van der Waals surface area contributed by atoms with Crippen molar-refractivity contribution in [3.63, 3.8) is 0 Å². The molecule has 20 heavy (non-hydrogen) atoms. The van der Waals surface area contributed by atoms with Gasteiger partial charge >= 0.3 is 0 Å².